The van der Waals surface area contributed by atoms with Crippen LogP contribution in [0.3, 0.4) is 0 Å². The number of halogens is 16. The second kappa shape index (κ2) is 8.03. The Hall–Kier alpha value is -1.24. The molecule has 2 N–H and O–H groups in total. The molecular weight excluding hydrogens is 484 g/mol. The maximum absolute atomic E-state index is 13.3. The molecule has 19 heteroatoms. The lowest BCUT2D eigenvalue weighted by atomic mass is 9.91. The zero-order chi connectivity index (χ0) is 24.8. The minimum absolute atomic E-state index is 1.57. The SMILES string of the molecule is OCC(O)COC(F)(F)C(F)(F)C(F)(F)C(F)(F)C(F)(F)C(F)(F)C(F)(F)C(F)F. The highest BCUT2D eigenvalue weighted by atomic mass is 19.4. The quantitative estimate of drug-likeness (QED) is 0.429. The first-order chi connectivity index (χ1) is 12.9. The van der Waals surface area contributed by atoms with Crippen LogP contribution in [-0.4, -0.2) is 77.6 Å². The summed E-state index contributed by atoms with van der Waals surface area (Å²) >= 11 is 0. The van der Waals surface area contributed by atoms with E-state index in [9.17, 15) is 70.2 Å². The van der Waals surface area contributed by atoms with Gasteiger partial charge in [-0.3, -0.25) is 0 Å². The third-order valence-electron chi connectivity index (χ3n) is 3.30. The van der Waals surface area contributed by atoms with Crippen molar-refractivity contribution in [3.8, 4) is 0 Å². The van der Waals surface area contributed by atoms with Crippen molar-refractivity contribution in [2.24, 2.45) is 0 Å². The van der Waals surface area contributed by atoms with Crippen LogP contribution in [0.25, 0.3) is 0 Å². The molecule has 0 amide bonds. The van der Waals surface area contributed by atoms with Crippen LogP contribution in [0.15, 0.2) is 0 Å². The Morgan fingerprint density at radius 1 is 0.600 bits per heavy atom. The molecule has 0 aliphatic carbocycles. The number of hydrogen-bond acceptors (Lipinski definition) is 3. The van der Waals surface area contributed by atoms with E-state index in [1.165, 1.54) is 0 Å². The zero-order valence-electron chi connectivity index (χ0n) is 13.4. The first kappa shape index (κ1) is 28.8. The molecule has 0 bridgehead atoms. The average molecular weight is 492 g/mol. The Labute approximate surface area is 154 Å². The Morgan fingerprint density at radius 2 is 0.933 bits per heavy atom. The van der Waals surface area contributed by atoms with Crippen LogP contribution in [-0.2, 0) is 4.74 Å². The first-order valence-corrected chi connectivity index (χ1v) is 6.75. The van der Waals surface area contributed by atoms with Crippen molar-refractivity contribution in [1.29, 1.82) is 0 Å². The van der Waals surface area contributed by atoms with E-state index in [2.05, 4.69) is 4.74 Å². The van der Waals surface area contributed by atoms with E-state index in [0.717, 1.165) is 0 Å². The van der Waals surface area contributed by atoms with Crippen molar-refractivity contribution >= 4 is 0 Å². The van der Waals surface area contributed by atoms with Gasteiger partial charge < -0.3 is 14.9 Å². The van der Waals surface area contributed by atoms with Gasteiger partial charge in [-0.1, -0.05) is 0 Å². The third kappa shape index (κ3) is 3.98. The highest BCUT2D eigenvalue weighted by Crippen LogP contribution is 2.62. The maximum atomic E-state index is 13.3. The van der Waals surface area contributed by atoms with Crippen LogP contribution < -0.4 is 0 Å². The molecule has 0 aromatic carbocycles. The number of hydrogen-bond donors (Lipinski definition) is 2. The maximum Gasteiger partial charge on any atom is 0.426 e. The van der Waals surface area contributed by atoms with Crippen LogP contribution >= 0.6 is 0 Å². The van der Waals surface area contributed by atoms with Gasteiger partial charge in [0.2, 0.25) is 0 Å². The molecule has 0 spiro atoms. The minimum atomic E-state index is -8.51. The summed E-state index contributed by atoms with van der Waals surface area (Å²) in [7, 11) is 0. The van der Waals surface area contributed by atoms with Gasteiger partial charge in [-0.25, -0.2) is 8.78 Å². The van der Waals surface area contributed by atoms with Gasteiger partial charge in [-0.15, -0.1) is 0 Å². The molecule has 182 valence electrons. The molecule has 0 rings (SSSR count). The molecule has 1 unspecified atom stereocenters. The van der Waals surface area contributed by atoms with Crippen molar-refractivity contribution in [1.82, 2.24) is 0 Å². The van der Waals surface area contributed by atoms with Gasteiger partial charge in [-0.2, -0.15) is 61.5 Å². The molecule has 0 aromatic heterocycles. The standard InChI is InChI=1S/C11H8F16O3/c12-4(13)5(14,15)6(16,17)7(18,19)8(20,21)9(22,23)10(24,25)11(26,27)30-2-3(29)1-28/h3-4,28-29H,1-2H2. The molecule has 0 aliphatic heterocycles. The van der Waals surface area contributed by atoms with E-state index in [-0.39, 0.29) is 0 Å². The number of rotatable bonds is 11. The monoisotopic (exact) mass is 492 g/mol. The van der Waals surface area contributed by atoms with Crippen molar-refractivity contribution < 1.29 is 85.2 Å². The molecular formula is C11H8F16O3. The lowest BCUT2D eigenvalue weighted by Gasteiger charge is -2.42. The summed E-state index contributed by atoms with van der Waals surface area (Å²) in [6, 6.07) is 0. The summed E-state index contributed by atoms with van der Waals surface area (Å²) in [5.41, 5.74) is 0. The summed E-state index contributed by atoms with van der Waals surface area (Å²) < 4.78 is 209. The van der Waals surface area contributed by atoms with E-state index in [4.69, 9.17) is 10.2 Å². The Morgan fingerprint density at radius 3 is 1.27 bits per heavy atom. The summed E-state index contributed by atoms with van der Waals surface area (Å²) in [4.78, 5) is 0. The summed E-state index contributed by atoms with van der Waals surface area (Å²) in [6.45, 7) is -3.79. The average Bonchev–Trinajstić information content (AvgIpc) is 2.58. The molecule has 30 heavy (non-hydrogen) atoms. The molecule has 0 radical (unpaired) electrons. The van der Waals surface area contributed by atoms with Crippen LogP contribution in [0, 0.1) is 0 Å². The third-order valence-corrected chi connectivity index (χ3v) is 3.30. The van der Waals surface area contributed by atoms with Gasteiger partial charge in [0.1, 0.15) is 6.10 Å². The molecule has 0 aromatic rings. The molecule has 1 atom stereocenters. The summed E-state index contributed by atoms with van der Waals surface area (Å²) in [6.07, 6.45) is -15.4. The molecule has 0 heterocycles. The largest absolute Gasteiger partial charge is 0.426 e. The highest BCUT2D eigenvalue weighted by molar-refractivity contribution is 5.13. The number of aliphatic hydroxyl groups is 2. The fraction of sp³-hybridized carbons (Fsp3) is 1.00. The van der Waals surface area contributed by atoms with Crippen LogP contribution in [0.2, 0.25) is 0 Å². The summed E-state index contributed by atoms with van der Waals surface area (Å²) in [5.74, 6) is -48.8. The molecule has 0 aliphatic rings. The second-order valence-electron chi connectivity index (χ2n) is 5.46. The van der Waals surface area contributed by atoms with Gasteiger partial charge in [0.25, 0.3) is 0 Å². The topological polar surface area (TPSA) is 49.7 Å². The predicted molar refractivity (Wildman–Crippen MR) is 59.7 cm³/mol. The zero-order valence-corrected chi connectivity index (χ0v) is 13.4. The number of aliphatic hydroxyl groups excluding tert-OH is 2. The van der Waals surface area contributed by atoms with Gasteiger partial charge in [0.15, 0.2) is 0 Å². The van der Waals surface area contributed by atoms with Gasteiger partial charge in [0.05, 0.1) is 13.2 Å². The van der Waals surface area contributed by atoms with Crippen LogP contribution in [0.4, 0.5) is 70.2 Å². The van der Waals surface area contributed by atoms with E-state index >= 15 is 0 Å². The lowest BCUT2D eigenvalue weighted by molar-refractivity contribution is -0.470. The Balaban J connectivity index is 6.39. The smallest absolute Gasteiger partial charge is 0.394 e. The fourth-order valence-corrected chi connectivity index (χ4v) is 1.46. The van der Waals surface area contributed by atoms with E-state index < -0.39 is 67.4 Å². The normalized spacial score (nSPS) is 16.9. The lowest BCUT2D eigenvalue weighted by Crippen LogP contribution is -2.74. The first-order valence-electron chi connectivity index (χ1n) is 6.75. The van der Waals surface area contributed by atoms with Crippen molar-refractivity contribution in [2.45, 2.75) is 54.2 Å². The highest BCUT2D eigenvalue weighted by Gasteiger charge is 2.94. The van der Waals surface area contributed by atoms with Crippen molar-refractivity contribution in [3.63, 3.8) is 0 Å². The molecule has 0 saturated heterocycles. The Kier molecular flexibility index (Phi) is 7.70. The fourth-order valence-electron chi connectivity index (χ4n) is 1.46. The molecule has 0 fully saturated rings. The molecule has 0 saturated carbocycles. The van der Waals surface area contributed by atoms with Gasteiger partial charge in [-0.05, 0) is 0 Å². The minimum Gasteiger partial charge on any atom is -0.394 e. The van der Waals surface area contributed by atoms with Gasteiger partial charge in [0, 0.05) is 0 Å². The predicted octanol–water partition coefficient (Wildman–Crippen LogP) is 4.03. The van der Waals surface area contributed by atoms with E-state index in [1.54, 1.807) is 0 Å². The molecule has 3 nitrogen and oxygen atoms in total. The second-order valence-corrected chi connectivity index (χ2v) is 5.46. The van der Waals surface area contributed by atoms with Gasteiger partial charge >= 0.3 is 48.1 Å². The van der Waals surface area contributed by atoms with E-state index in [0.29, 0.717) is 0 Å². The summed E-state index contributed by atoms with van der Waals surface area (Å²) in [5, 5.41) is 16.8. The number of ether oxygens (including phenoxy) is 1. The Bertz CT molecular complexity index is 589. The van der Waals surface area contributed by atoms with Crippen LogP contribution in [0.1, 0.15) is 0 Å². The number of alkyl halides is 16. The van der Waals surface area contributed by atoms with Crippen LogP contribution in [0.5, 0.6) is 0 Å². The van der Waals surface area contributed by atoms with E-state index in [1.807, 2.05) is 0 Å². The van der Waals surface area contributed by atoms with Crippen molar-refractivity contribution in [3.05, 3.63) is 0 Å². The van der Waals surface area contributed by atoms with Crippen molar-refractivity contribution in [2.75, 3.05) is 13.2 Å².